The van der Waals surface area contributed by atoms with Gasteiger partial charge in [-0.1, -0.05) is 29.8 Å². The van der Waals surface area contributed by atoms with Gasteiger partial charge in [0.25, 0.3) is 5.56 Å². The van der Waals surface area contributed by atoms with E-state index in [0.717, 1.165) is 16.8 Å². The van der Waals surface area contributed by atoms with Gasteiger partial charge in [-0.05, 0) is 42.8 Å². The molecule has 6 heteroatoms. The lowest BCUT2D eigenvalue weighted by Crippen LogP contribution is -2.21. The Hall–Kier alpha value is -3.80. The summed E-state index contributed by atoms with van der Waals surface area (Å²) in [6, 6.07) is 17.2. The van der Waals surface area contributed by atoms with E-state index in [1.165, 1.54) is 4.40 Å². The summed E-state index contributed by atoms with van der Waals surface area (Å²) in [5.74, 6) is 0.481. The Bertz CT molecular complexity index is 1180. The predicted molar refractivity (Wildman–Crippen MR) is 111 cm³/mol. The lowest BCUT2D eigenvalue weighted by atomic mass is 10.2. The summed E-state index contributed by atoms with van der Waals surface area (Å²) in [5, 5.41) is 3.25. The summed E-state index contributed by atoms with van der Waals surface area (Å²) in [5.41, 5.74) is 3.81. The molecule has 6 nitrogen and oxygen atoms in total. The molecular formula is C22H19N5O. The molecule has 0 saturated carbocycles. The highest BCUT2D eigenvalue weighted by Crippen LogP contribution is 2.17. The Morgan fingerprint density at radius 2 is 1.96 bits per heavy atom. The number of nitrogens with one attached hydrogen (secondary N) is 1. The van der Waals surface area contributed by atoms with Crippen LogP contribution in [0, 0.1) is 6.92 Å². The Balaban J connectivity index is 1.74. The third-order valence-electron chi connectivity index (χ3n) is 4.30. The first-order valence-corrected chi connectivity index (χ1v) is 8.94. The molecule has 0 bridgehead atoms. The van der Waals surface area contributed by atoms with Gasteiger partial charge in [0, 0.05) is 30.5 Å². The number of pyridine rings is 2. The molecule has 0 spiro atoms. The number of fused-ring (bicyclic) bond motifs is 1. The average Bonchev–Trinajstić information content (AvgIpc) is 2.73. The standard InChI is InChI=1S/C22H19N5O/c1-16-7-9-18(10-8-16)25-21-19(15-24-14-17-5-4-11-23-13-17)22(28)27-12-3-2-6-20(27)26-21/h2-13,15,25H,14H2,1H3. The first-order valence-electron chi connectivity index (χ1n) is 8.94. The van der Waals surface area contributed by atoms with E-state index in [-0.39, 0.29) is 5.56 Å². The van der Waals surface area contributed by atoms with Crippen molar-refractivity contribution in [3.63, 3.8) is 0 Å². The third-order valence-corrected chi connectivity index (χ3v) is 4.30. The highest BCUT2D eigenvalue weighted by molar-refractivity contribution is 5.87. The molecule has 0 unspecified atom stereocenters. The number of benzene rings is 1. The smallest absolute Gasteiger partial charge is 0.268 e. The molecule has 0 amide bonds. The molecule has 1 aromatic carbocycles. The molecule has 0 radical (unpaired) electrons. The quantitative estimate of drug-likeness (QED) is 0.544. The summed E-state index contributed by atoms with van der Waals surface area (Å²) >= 11 is 0. The highest BCUT2D eigenvalue weighted by atomic mass is 16.1. The zero-order valence-electron chi connectivity index (χ0n) is 15.4. The number of aromatic nitrogens is 3. The van der Waals surface area contributed by atoms with Crippen molar-refractivity contribution in [2.45, 2.75) is 13.5 Å². The number of nitrogens with zero attached hydrogens (tertiary/aromatic N) is 4. The Morgan fingerprint density at radius 1 is 1.11 bits per heavy atom. The predicted octanol–water partition coefficient (Wildman–Crippen LogP) is 3.76. The van der Waals surface area contributed by atoms with Crippen LogP contribution in [-0.4, -0.2) is 20.6 Å². The molecule has 138 valence electrons. The Kier molecular flexibility index (Phi) is 4.93. The summed E-state index contributed by atoms with van der Waals surface area (Å²) < 4.78 is 1.52. The molecule has 3 aromatic heterocycles. The monoisotopic (exact) mass is 369 g/mol. The van der Waals surface area contributed by atoms with E-state index in [2.05, 4.69) is 20.3 Å². The largest absolute Gasteiger partial charge is 0.339 e. The summed E-state index contributed by atoms with van der Waals surface area (Å²) in [4.78, 5) is 26.2. The van der Waals surface area contributed by atoms with Gasteiger partial charge >= 0.3 is 0 Å². The van der Waals surface area contributed by atoms with E-state index in [1.54, 1.807) is 36.9 Å². The van der Waals surface area contributed by atoms with Gasteiger partial charge in [0.1, 0.15) is 17.0 Å². The van der Waals surface area contributed by atoms with Crippen molar-refractivity contribution in [3.8, 4) is 0 Å². The van der Waals surface area contributed by atoms with Crippen LogP contribution in [0.25, 0.3) is 5.65 Å². The fraction of sp³-hybridized carbons (Fsp3) is 0.0909. The zero-order valence-corrected chi connectivity index (χ0v) is 15.4. The number of hydrogen-bond donors (Lipinski definition) is 1. The van der Waals surface area contributed by atoms with Crippen LogP contribution in [0.3, 0.4) is 0 Å². The SMILES string of the molecule is Cc1ccc(Nc2nc3ccccn3c(=O)c2C=NCc2cccnc2)cc1. The first kappa shape index (κ1) is 17.6. The van der Waals surface area contributed by atoms with Crippen LogP contribution in [0.15, 0.2) is 83.0 Å². The summed E-state index contributed by atoms with van der Waals surface area (Å²) in [6.45, 7) is 2.47. The van der Waals surface area contributed by atoms with Crippen LogP contribution >= 0.6 is 0 Å². The van der Waals surface area contributed by atoms with Crippen molar-refractivity contribution in [1.82, 2.24) is 14.4 Å². The number of aryl methyl sites for hydroxylation is 1. The highest BCUT2D eigenvalue weighted by Gasteiger charge is 2.11. The molecular weight excluding hydrogens is 350 g/mol. The maximum Gasteiger partial charge on any atom is 0.268 e. The Morgan fingerprint density at radius 3 is 2.75 bits per heavy atom. The van der Waals surface area contributed by atoms with Crippen LogP contribution < -0.4 is 10.9 Å². The van der Waals surface area contributed by atoms with Crippen molar-refractivity contribution < 1.29 is 0 Å². The van der Waals surface area contributed by atoms with Gasteiger partial charge in [-0.15, -0.1) is 0 Å². The molecule has 1 N–H and O–H groups in total. The van der Waals surface area contributed by atoms with Gasteiger partial charge in [-0.25, -0.2) is 4.98 Å². The molecule has 0 aliphatic heterocycles. The second-order valence-electron chi connectivity index (χ2n) is 6.43. The molecule has 4 aromatic rings. The molecule has 28 heavy (non-hydrogen) atoms. The summed E-state index contributed by atoms with van der Waals surface area (Å²) in [6.07, 6.45) is 6.77. The lowest BCUT2D eigenvalue weighted by molar-refractivity contribution is 1.03. The van der Waals surface area contributed by atoms with Crippen LogP contribution in [0.4, 0.5) is 11.5 Å². The van der Waals surface area contributed by atoms with Crippen molar-refractivity contribution >= 4 is 23.4 Å². The van der Waals surface area contributed by atoms with E-state index in [1.807, 2.05) is 49.4 Å². The average molecular weight is 369 g/mol. The molecule has 3 heterocycles. The normalized spacial score (nSPS) is 11.2. The van der Waals surface area contributed by atoms with Gasteiger partial charge in [0.2, 0.25) is 0 Å². The molecule has 0 saturated heterocycles. The maximum absolute atomic E-state index is 13.0. The van der Waals surface area contributed by atoms with Gasteiger partial charge in [0.15, 0.2) is 0 Å². The van der Waals surface area contributed by atoms with Crippen molar-refractivity contribution in [2.75, 3.05) is 5.32 Å². The molecule has 0 aliphatic carbocycles. The number of rotatable bonds is 5. The Labute approximate surface area is 162 Å². The molecule has 4 rings (SSSR count). The van der Waals surface area contributed by atoms with Crippen molar-refractivity contribution in [2.24, 2.45) is 4.99 Å². The van der Waals surface area contributed by atoms with Crippen LogP contribution in [0.2, 0.25) is 0 Å². The van der Waals surface area contributed by atoms with Crippen LogP contribution in [0.5, 0.6) is 0 Å². The van der Waals surface area contributed by atoms with Gasteiger partial charge < -0.3 is 5.32 Å². The van der Waals surface area contributed by atoms with Gasteiger partial charge in [-0.3, -0.25) is 19.2 Å². The van der Waals surface area contributed by atoms with E-state index < -0.39 is 0 Å². The van der Waals surface area contributed by atoms with E-state index in [0.29, 0.717) is 23.6 Å². The first-order chi connectivity index (χ1) is 13.7. The van der Waals surface area contributed by atoms with E-state index in [9.17, 15) is 4.79 Å². The van der Waals surface area contributed by atoms with Crippen molar-refractivity contribution in [3.05, 3.63) is 100 Å². The molecule has 0 atom stereocenters. The zero-order chi connectivity index (χ0) is 19.3. The lowest BCUT2D eigenvalue weighted by Gasteiger charge is -2.10. The van der Waals surface area contributed by atoms with Gasteiger partial charge in [0.05, 0.1) is 6.54 Å². The van der Waals surface area contributed by atoms with Gasteiger partial charge in [-0.2, -0.15) is 0 Å². The molecule has 0 aliphatic rings. The number of hydrogen-bond acceptors (Lipinski definition) is 5. The van der Waals surface area contributed by atoms with Crippen LogP contribution in [-0.2, 0) is 6.54 Å². The maximum atomic E-state index is 13.0. The number of anilines is 2. The summed E-state index contributed by atoms with van der Waals surface area (Å²) in [7, 11) is 0. The fourth-order valence-electron chi connectivity index (χ4n) is 2.82. The molecule has 0 fully saturated rings. The minimum atomic E-state index is -0.171. The van der Waals surface area contributed by atoms with Crippen molar-refractivity contribution in [1.29, 1.82) is 0 Å². The minimum Gasteiger partial charge on any atom is -0.339 e. The second-order valence-corrected chi connectivity index (χ2v) is 6.43. The van der Waals surface area contributed by atoms with E-state index in [4.69, 9.17) is 0 Å². The topological polar surface area (TPSA) is 71.7 Å². The third kappa shape index (κ3) is 3.81. The fourth-order valence-corrected chi connectivity index (χ4v) is 2.82. The minimum absolute atomic E-state index is 0.171. The van der Waals surface area contributed by atoms with E-state index >= 15 is 0 Å². The number of aliphatic imine (C=N–C) groups is 1. The second kappa shape index (κ2) is 7.84. The van der Waals surface area contributed by atoms with Crippen LogP contribution in [0.1, 0.15) is 16.7 Å².